The third kappa shape index (κ3) is 3.07. The van der Waals surface area contributed by atoms with E-state index in [9.17, 15) is 14.9 Å². The van der Waals surface area contributed by atoms with Crippen molar-refractivity contribution in [1.82, 2.24) is 9.97 Å². The molecule has 0 atom stereocenters. The van der Waals surface area contributed by atoms with Crippen LogP contribution in [0.4, 0.5) is 11.5 Å². The number of anilines is 1. The average molecular weight is 286 g/mol. The molecule has 1 aromatic carbocycles. The molecule has 7 heteroatoms. The van der Waals surface area contributed by atoms with E-state index in [4.69, 9.17) is 0 Å². The first kappa shape index (κ1) is 13.3. The molecule has 108 valence electrons. The number of nitrogens with zero attached hydrogens (tertiary/aromatic N) is 2. The first-order valence-corrected chi connectivity index (χ1v) is 6.71. The van der Waals surface area contributed by atoms with E-state index in [2.05, 4.69) is 15.3 Å². The Morgan fingerprint density at radius 3 is 2.86 bits per heavy atom. The number of nitro groups is 1. The van der Waals surface area contributed by atoms with Crippen LogP contribution in [0.1, 0.15) is 30.1 Å². The molecule has 1 heterocycles. The second-order valence-electron chi connectivity index (χ2n) is 5.03. The van der Waals surface area contributed by atoms with Gasteiger partial charge in [-0.1, -0.05) is 18.2 Å². The molecule has 3 rings (SSSR count). The fraction of sp³-hybridized carbons (Fsp3) is 0.286. The zero-order valence-electron chi connectivity index (χ0n) is 11.2. The van der Waals surface area contributed by atoms with Crippen LogP contribution >= 0.6 is 0 Å². The molecule has 1 aliphatic carbocycles. The van der Waals surface area contributed by atoms with Crippen molar-refractivity contribution < 1.29 is 4.92 Å². The lowest BCUT2D eigenvalue weighted by atomic mass is 10.2. The first-order chi connectivity index (χ1) is 10.1. The van der Waals surface area contributed by atoms with Gasteiger partial charge in [-0.15, -0.1) is 0 Å². The van der Waals surface area contributed by atoms with Crippen LogP contribution in [0.5, 0.6) is 0 Å². The highest BCUT2D eigenvalue weighted by atomic mass is 16.6. The Balaban J connectivity index is 1.79. The molecule has 1 aliphatic rings. The highest BCUT2D eigenvalue weighted by molar-refractivity contribution is 5.43. The Bertz CT molecular complexity index is 737. The number of aromatic nitrogens is 2. The van der Waals surface area contributed by atoms with Crippen LogP contribution in [0.15, 0.2) is 35.1 Å². The third-order valence-electron chi connectivity index (χ3n) is 3.37. The molecular formula is C14H14N4O3. The highest BCUT2D eigenvalue weighted by Gasteiger charge is 2.26. The van der Waals surface area contributed by atoms with Gasteiger partial charge in [0.15, 0.2) is 0 Å². The first-order valence-electron chi connectivity index (χ1n) is 6.71. The van der Waals surface area contributed by atoms with Gasteiger partial charge >= 0.3 is 0 Å². The van der Waals surface area contributed by atoms with Gasteiger partial charge in [0.1, 0.15) is 11.6 Å². The summed E-state index contributed by atoms with van der Waals surface area (Å²) in [6.45, 7) is 0.248. The van der Waals surface area contributed by atoms with Crippen molar-refractivity contribution in [3.63, 3.8) is 0 Å². The number of nitro benzene ring substituents is 1. The van der Waals surface area contributed by atoms with Gasteiger partial charge in [0.2, 0.25) is 0 Å². The summed E-state index contributed by atoms with van der Waals surface area (Å²) in [5.41, 5.74) is 0.395. The van der Waals surface area contributed by atoms with Gasteiger partial charge in [-0.2, -0.15) is 0 Å². The van der Waals surface area contributed by atoms with Crippen LogP contribution in [0.2, 0.25) is 0 Å². The molecule has 1 fully saturated rings. The number of hydrogen-bond acceptors (Lipinski definition) is 5. The monoisotopic (exact) mass is 286 g/mol. The van der Waals surface area contributed by atoms with Gasteiger partial charge in [-0.25, -0.2) is 4.98 Å². The Morgan fingerprint density at radius 1 is 1.38 bits per heavy atom. The van der Waals surface area contributed by atoms with Crippen molar-refractivity contribution in [2.75, 3.05) is 5.32 Å². The van der Waals surface area contributed by atoms with Gasteiger partial charge in [0, 0.05) is 30.2 Å². The molecule has 2 N–H and O–H groups in total. The molecular weight excluding hydrogens is 272 g/mol. The van der Waals surface area contributed by atoms with Gasteiger partial charge < -0.3 is 10.3 Å². The van der Waals surface area contributed by atoms with Crippen LogP contribution in [-0.2, 0) is 6.54 Å². The summed E-state index contributed by atoms with van der Waals surface area (Å²) in [6, 6.07) is 7.86. The lowest BCUT2D eigenvalue weighted by molar-refractivity contribution is -0.385. The number of rotatable bonds is 5. The third-order valence-corrected chi connectivity index (χ3v) is 3.37. The summed E-state index contributed by atoms with van der Waals surface area (Å²) in [5.74, 6) is 1.47. The molecule has 0 spiro atoms. The average Bonchev–Trinajstić information content (AvgIpc) is 3.29. The molecule has 1 aromatic heterocycles. The highest BCUT2D eigenvalue weighted by Crippen LogP contribution is 2.37. The van der Waals surface area contributed by atoms with Gasteiger partial charge in [0.05, 0.1) is 4.92 Å². The largest absolute Gasteiger partial charge is 0.366 e. The molecule has 0 amide bonds. The maximum absolute atomic E-state index is 11.6. The van der Waals surface area contributed by atoms with Crippen LogP contribution in [0.25, 0.3) is 0 Å². The summed E-state index contributed by atoms with van der Waals surface area (Å²) in [6.07, 6.45) is 2.08. The predicted molar refractivity (Wildman–Crippen MR) is 77.3 cm³/mol. The zero-order valence-corrected chi connectivity index (χ0v) is 11.2. The number of benzene rings is 1. The summed E-state index contributed by atoms with van der Waals surface area (Å²) < 4.78 is 0. The number of nitrogens with one attached hydrogen (secondary N) is 2. The Hall–Kier alpha value is -2.70. The van der Waals surface area contributed by atoms with Crippen LogP contribution in [0, 0.1) is 10.1 Å². The Labute approximate surface area is 120 Å². The van der Waals surface area contributed by atoms with E-state index in [0.717, 1.165) is 12.8 Å². The van der Waals surface area contributed by atoms with Crippen LogP contribution in [-0.4, -0.2) is 14.9 Å². The standard InChI is InChI=1S/C14H14N4O3/c19-13-7-12(16-14(17-13)9-5-6-9)15-8-10-3-1-2-4-11(10)18(20)21/h1-4,7,9H,5-6,8H2,(H2,15,16,17,19). The molecule has 1 saturated carbocycles. The second-order valence-corrected chi connectivity index (χ2v) is 5.03. The van der Waals surface area contributed by atoms with Crippen molar-refractivity contribution in [3.05, 3.63) is 62.2 Å². The van der Waals surface area contributed by atoms with E-state index in [-0.39, 0.29) is 17.8 Å². The normalized spacial score (nSPS) is 13.9. The fourth-order valence-electron chi connectivity index (χ4n) is 2.14. The molecule has 0 unspecified atom stereocenters. The minimum Gasteiger partial charge on any atom is -0.366 e. The zero-order chi connectivity index (χ0) is 14.8. The van der Waals surface area contributed by atoms with Crippen LogP contribution in [0.3, 0.4) is 0 Å². The van der Waals surface area contributed by atoms with E-state index in [1.165, 1.54) is 12.1 Å². The van der Waals surface area contributed by atoms with E-state index >= 15 is 0 Å². The number of para-hydroxylation sites is 1. The quantitative estimate of drug-likeness (QED) is 0.648. The predicted octanol–water partition coefficient (Wildman–Crippen LogP) is 2.17. The van der Waals surface area contributed by atoms with Gasteiger partial charge in [-0.3, -0.25) is 14.9 Å². The molecule has 0 aliphatic heterocycles. The molecule has 2 aromatic rings. The molecule has 0 bridgehead atoms. The van der Waals surface area contributed by atoms with Crippen molar-refractivity contribution in [3.8, 4) is 0 Å². The smallest absolute Gasteiger partial charge is 0.274 e. The topological polar surface area (TPSA) is 101 Å². The van der Waals surface area contributed by atoms with Crippen molar-refractivity contribution >= 4 is 11.5 Å². The van der Waals surface area contributed by atoms with E-state index in [1.807, 2.05) is 0 Å². The van der Waals surface area contributed by atoms with E-state index in [1.54, 1.807) is 18.2 Å². The van der Waals surface area contributed by atoms with Gasteiger partial charge in [-0.05, 0) is 12.8 Å². The van der Waals surface area contributed by atoms with E-state index < -0.39 is 4.92 Å². The van der Waals surface area contributed by atoms with Crippen molar-refractivity contribution in [2.24, 2.45) is 0 Å². The molecule has 0 radical (unpaired) electrons. The summed E-state index contributed by atoms with van der Waals surface area (Å²) in [7, 11) is 0. The maximum Gasteiger partial charge on any atom is 0.274 e. The fourth-order valence-corrected chi connectivity index (χ4v) is 2.14. The lowest BCUT2D eigenvalue weighted by Crippen LogP contribution is -2.13. The van der Waals surface area contributed by atoms with E-state index in [0.29, 0.717) is 23.1 Å². The number of H-pyrrole nitrogens is 1. The molecule has 7 nitrogen and oxygen atoms in total. The van der Waals surface area contributed by atoms with Crippen molar-refractivity contribution in [2.45, 2.75) is 25.3 Å². The summed E-state index contributed by atoms with van der Waals surface area (Å²) in [5, 5.41) is 13.9. The Morgan fingerprint density at radius 2 is 2.14 bits per heavy atom. The van der Waals surface area contributed by atoms with Crippen LogP contribution < -0.4 is 10.9 Å². The van der Waals surface area contributed by atoms with Crippen molar-refractivity contribution in [1.29, 1.82) is 0 Å². The number of aromatic amines is 1. The van der Waals surface area contributed by atoms with Gasteiger partial charge in [0.25, 0.3) is 11.2 Å². The second kappa shape index (κ2) is 5.35. The molecule has 21 heavy (non-hydrogen) atoms. The summed E-state index contributed by atoms with van der Waals surface area (Å²) in [4.78, 5) is 29.2. The maximum atomic E-state index is 11.6. The Kier molecular flexibility index (Phi) is 3.39. The minimum atomic E-state index is -0.419. The SMILES string of the molecule is O=c1cc(NCc2ccccc2[N+](=O)[O-])nc(C2CC2)[nH]1. The lowest BCUT2D eigenvalue weighted by Gasteiger charge is -2.07. The minimum absolute atomic E-state index is 0.0530. The molecule has 0 saturated heterocycles. The summed E-state index contributed by atoms with van der Waals surface area (Å²) >= 11 is 0. The number of hydrogen-bond donors (Lipinski definition) is 2.